The highest BCUT2D eigenvalue weighted by atomic mass is 15.2. The van der Waals surface area contributed by atoms with Crippen LogP contribution < -0.4 is 5.73 Å². The van der Waals surface area contributed by atoms with Gasteiger partial charge in [0.25, 0.3) is 0 Å². The van der Waals surface area contributed by atoms with E-state index in [1.807, 2.05) is 0 Å². The number of nitrogens with zero attached hydrogens (tertiary/aromatic N) is 2. The lowest BCUT2D eigenvalue weighted by atomic mass is 9.95. The standard InChI is InChI=1S/C12H25N3/c13-11-15-8-4-12(5-9-15)10-14-6-2-1-3-7-14/h12H,1-11,13H2. The van der Waals surface area contributed by atoms with Gasteiger partial charge in [-0.3, -0.25) is 4.90 Å². The fourth-order valence-corrected chi connectivity index (χ4v) is 2.86. The highest BCUT2D eigenvalue weighted by molar-refractivity contribution is 4.75. The van der Waals surface area contributed by atoms with Gasteiger partial charge in [0.15, 0.2) is 0 Å². The number of hydrogen-bond acceptors (Lipinski definition) is 3. The van der Waals surface area contributed by atoms with Crippen LogP contribution in [0.2, 0.25) is 0 Å². The Labute approximate surface area is 93.6 Å². The van der Waals surface area contributed by atoms with Crippen molar-refractivity contribution in [2.45, 2.75) is 32.1 Å². The van der Waals surface area contributed by atoms with E-state index in [1.165, 1.54) is 64.8 Å². The summed E-state index contributed by atoms with van der Waals surface area (Å²) in [4.78, 5) is 5.04. The summed E-state index contributed by atoms with van der Waals surface area (Å²) in [5, 5.41) is 0. The Morgan fingerprint density at radius 1 is 0.867 bits per heavy atom. The molecular weight excluding hydrogens is 186 g/mol. The molecule has 0 amide bonds. The zero-order valence-corrected chi connectivity index (χ0v) is 9.83. The first-order valence-corrected chi connectivity index (χ1v) is 6.53. The molecule has 15 heavy (non-hydrogen) atoms. The van der Waals surface area contributed by atoms with Gasteiger partial charge in [-0.05, 0) is 57.8 Å². The predicted octanol–water partition coefficient (Wildman–Crippen LogP) is 1.10. The van der Waals surface area contributed by atoms with E-state index in [-0.39, 0.29) is 0 Å². The Hall–Kier alpha value is -0.120. The molecular formula is C12H25N3. The highest BCUT2D eigenvalue weighted by Gasteiger charge is 2.21. The van der Waals surface area contributed by atoms with Crippen molar-refractivity contribution in [2.24, 2.45) is 11.7 Å². The monoisotopic (exact) mass is 211 g/mol. The van der Waals surface area contributed by atoms with Gasteiger partial charge in [-0.15, -0.1) is 0 Å². The number of nitrogens with two attached hydrogens (primary N) is 1. The third kappa shape index (κ3) is 3.44. The van der Waals surface area contributed by atoms with Crippen LogP contribution in [-0.2, 0) is 0 Å². The molecule has 3 nitrogen and oxygen atoms in total. The fourth-order valence-electron chi connectivity index (χ4n) is 2.86. The number of piperidine rings is 2. The smallest absolute Gasteiger partial charge is 0.0455 e. The number of hydrogen-bond donors (Lipinski definition) is 1. The van der Waals surface area contributed by atoms with E-state index in [4.69, 9.17) is 5.73 Å². The Bertz CT molecular complexity index is 170. The van der Waals surface area contributed by atoms with Crippen LogP contribution in [0.15, 0.2) is 0 Å². The van der Waals surface area contributed by atoms with Crippen molar-refractivity contribution in [3.8, 4) is 0 Å². The molecule has 3 heteroatoms. The summed E-state index contributed by atoms with van der Waals surface area (Å²) in [5.74, 6) is 0.936. The van der Waals surface area contributed by atoms with Crippen molar-refractivity contribution in [3.63, 3.8) is 0 Å². The molecule has 0 aromatic heterocycles. The third-order valence-electron chi connectivity index (χ3n) is 3.93. The maximum atomic E-state index is 5.65. The SMILES string of the molecule is NCN1CCC(CN2CCCCC2)CC1. The molecule has 0 radical (unpaired) electrons. The summed E-state index contributed by atoms with van der Waals surface area (Å²) < 4.78 is 0. The van der Waals surface area contributed by atoms with Gasteiger partial charge in [0, 0.05) is 13.2 Å². The molecule has 2 heterocycles. The molecule has 0 aromatic rings. The Kier molecular flexibility index (Phi) is 4.42. The van der Waals surface area contributed by atoms with Gasteiger partial charge >= 0.3 is 0 Å². The van der Waals surface area contributed by atoms with Gasteiger partial charge < -0.3 is 10.6 Å². The van der Waals surface area contributed by atoms with Gasteiger partial charge in [-0.1, -0.05) is 6.42 Å². The minimum Gasteiger partial charge on any atom is -0.318 e. The van der Waals surface area contributed by atoms with E-state index < -0.39 is 0 Å². The molecule has 2 rings (SSSR count). The second-order valence-corrected chi connectivity index (χ2v) is 5.11. The third-order valence-corrected chi connectivity index (χ3v) is 3.93. The second-order valence-electron chi connectivity index (χ2n) is 5.11. The summed E-state index contributed by atoms with van der Waals surface area (Å²) in [6, 6.07) is 0. The van der Waals surface area contributed by atoms with Crippen molar-refractivity contribution in [3.05, 3.63) is 0 Å². The molecule has 0 saturated carbocycles. The molecule has 2 aliphatic rings. The molecule has 0 atom stereocenters. The van der Waals surface area contributed by atoms with E-state index in [1.54, 1.807) is 0 Å². The summed E-state index contributed by atoms with van der Waals surface area (Å²) >= 11 is 0. The summed E-state index contributed by atoms with van der Waals surface area (Å²) in [6.45, 7) is 7.22. The molecule has 2 N–H and O–H groups in total. The molecule has 2 saturated heterocycles. The lowest BCUT2D eigenvalue weighted by Crippen LogP contribution is -2.42. The fraction of sp³-hybridized carbons (Fsp3) is 1.00. The van der Waals surface area contributed by atoms with E-state index >= 15 is 0 Å². The van der Waals surface area contributed by atoms with Crippen LogP contribution in [0, 0.1) is 5.92 Å². The summed E-state index contributed by atoms with van der Waals surface area (Å²) in [5.41, 5.74) is 5.65. The molecule has 0 unspecified atom stereocenters. The summed E-state index contributed by atoms with van der Waals surface area (Å²) in [7, 11) is 0. The maximum Gasteiger partial charge on any atom is 0.0455 e. The van der Waals surface area contributed by atoms with Crippen molar-refractivity contribution in [1.29, 1.82) is 0 Å². The van der Waals surface area contributed by atoms with Gasteiger partial charge in [0.2, 0.25) is 0 Å². The minimum atomic E-state index is 0.746. The van der Waals surface area contributed by atoms with Gasteiger partial charge in [0.05, 0.1) is 0 Å². The van der Waals surface area contributed by atoms with Crippen LogP contribution in [0.1, 0.15) is 32.1 Å². The van der Waals surface area contributed by atoms with E-state index in [0.717, 1.165) is 12.6 Å². The molecule has 0 aliphatic carbocycles. The molecule has 88 valence electrons. The average molecular weight is 211 g/mol. The van der Waals surface area contributed by atoms with E-state index in [2.05, 4.69) is 9.80 Å². The van der Waals surface area contributed by atoms with Crippen LogP contribution in [0.4, 0.5) is 0 Å². The van der Waals surface area contributed by atoms with Gasteiger partial charge in [0.1, 0.15) is 0 Å². The van der Waals surface area contributed by atoms with Crippen LogP contribution in [0.3, 0.4) is 0 Å². The van der Waals surface area contributed by atoms with Crippen molar-refractivity contribution in [2.75, 3.05) is 39.4 Å². The highest BCUT2D eigenvalue weighted by Crippen LogP contribution is 2.19. The first-order chi connectivity index (χ1) is 7.38. The predicted molar refractivity (Wildman–Crippen MR) is 63.6 cm³/mol. The van der Waals surface area contributed by atoms with Crippen LogP contribution >= 0.6 is 0 Å². The van der Waals surface area contributed by atoms with Crippen molar-refractivity contribution in [1.82, 2.24) is 9.80 Å². The first-order valence-electron chi connectivity index (χ1n) is 6.53. The van der Waals surface area contributed by atoms with Crippen LogP contribution in [-0.4, -0.2) is 49.2 Å². The Morgan fingerprint density at radius 2 is 1.53 bits per heavy atom. The zero-order valence-electron chi connectivity index (χ0n) is 9.83. The Morgan fingerprint density at radius 3 is 2.13 bits per heavy atom. The average Bonchev–Trinajstić information content (AvgIpc) is 2.31. The second kappa shape index (κ2) is 5.83. The first kappa shape index (κ1) is 11.4. The van der Waals surface area contributed by atoms with Gasteiger partial charge in [-0.2, -0.15) is 0 Å². The van der Waals surface area contributed by atoms with Crippen LogP contribution in [0.25, 0.3) is 0 Å². The van der Waals surface area contributed by atoms with Crippen molar-refractivity contribution >= 4 is 0 Å². The maximum absolute atomic E-state index is 5.65. The Balaban J connectivity index is 1.67. The number of rotatable bonds is 3. The lowest BCUT2D eigenvalue weighted by molar-refractivity contribution is 0.133. The van der Waals surface area contributed by atoms with E-state index in [9.17, 15) is 0 Å². The van der Waals surface area contributed by atoms with Crippen LogP contribution in [0.5, 0.6) is 0 Å². The molecule has 2 aliphatic heterocycles. The van der Waals surface area contributed by atoms with Crippen molar-refractivity contribution < 1.29 is 0 Å². The molecule has 0 spiro atoms. The molecule has 0 aromatic carbocycles. The number of likely N-dealkylation sites (tertiary alicyclic amines) is 2. The van der Waals surface area contributed by atoms with Gasteiger partial charge in [-0.25, -0.2) is 0 Å². The quantitative estimate of drug-likeness (QED) is 0.759. The minimum absolute atomic E-state index is 0.746. The largest absolute Gasteiger partial charge is 0.318 e. The lowest BCUT2D eigenvalue weighted by Gasteiger charge is -2.35. The summed E-state index contributed by atoms with van der Waals surface area (Å²) in [6.07, 6.45) is 6.99. The molecule has 2 fully saturated rings. The normalized spacial score (nSPS) is 27.0. The van der Waals surface area contributed by atoms with E-state index in [0.29, 0.717) is 0 Å². The topological polar surface area (TPSA) is 32.5 Å². The zero-order chi connectivity index (χ0) is 10.5. The molecule has 0 bridgehead atoms.